The summed E-state index contributed by atoms with van der Waals surface area (Å²) >= 11 is 1.43. The van der Waals surface area contributed by atoms with Crippen LogP contribution in [0.3, 0.4) is 0 Å². The molecule has 0 spiro atoms. The number of carbonyl (C=O) groups excluding carboxylic acids is 3. The summed E-state index contributed by atoms with van der Waals surface area (Å²) in [5.74, 6) is -0.430. The van der Waals surface area contributed by atoms with E-state index in [0.717, 1.165) is 9.78 Å². The summed E-state index contributed by atoms with van der Waals surface area (Å²) in [6.45, 7) is 1.20. The highest BCUT2D eigenvalue weighted by Crippen LogP contribution is 2.38. The van der Waals surface area contributed by atoms with Crippen LogP contribution < -0.4 is 20.1 Å². The number of rotatable bonds is 6. The first-order valence-electron chi connectivity index (χ1n) is 10.5. The fourth-order valence-electron chi connectivity index (χ4n) is 4.02. The van der Waals surface area contributed by atoms with Gasteiger partial charge < -0.3 is 20.1 Å². The molecule has 2 aliphatic rings. The van der Waals surface area contributed by atoms with Crippen molar-refractivity contribution in [3.63, 3.8) is 0 Å². The van der Waals surface area contributed by atoms with Crippen LogP contribution in [0.4, 0.5) is 9.18 Å². The number of nitrogens with one attached hydrogen (secondary N) is 2. The van der Waals surface area contributed by atoms with Crippen LogP contribution in [0.2, 0.25) is 0 Å². The Morgan fingerprint density at radius 1 is 1.18 bits per heavy atom. The molecule has 34 heavy (non-hydrogen) atoms. The van der Waals surface area contributed by atoms with Crippen LogP contribution in [0.5, 0.6) is 11.5 Å². The number of amides is 4. The van der Waals surface area contributed by atoms with Crippen LogP contribution in [0.15, 0.2) is 60.0 Å². The average molecular weight is 482 g/mol. The van der Waals surface area contributed by atoms with Crippen molar-refractivity contribution in [2.75, 3.05) is 13.3 Å². The van der Waals surface area contributed by atoms with Gasteiger partial charge in [0.15, 0.2) is 11.5 Å². The first-order chi connectivity index (χ1) is 16.3. The van der Waals surface area contributed by atoms with E-state index >= 15 is 0 Å². The number of hydrogen-bond donors (Lipinski definition) is 2. The van der Waals surface area contributed by atoms with E-state index in [2.05, 4.69) is 10.6 Å². The molecule has 1 saturated heterocycles. The van der Waals surface area contributed by atoms with Gasteiger partial charge in [-0.3, -0.25) is 14.5 Å². The molecule has 2 atom stereocenters. The third-order valence-electron chi connectivity index (χ3n) is 5.86. The predicted octanol–water partition coefficient (Wildman–Crippen LogP) is 3.29. The highest BCUT2D eigenvalue weighted by atomic mass is 32.1. The number of benzene rings is 2. The van der Waals surface area contributed by atoms with Crippen molar-refractivity contribution in [1.29, 1.82) is 0 Å². The molecule has 10 heteroatoms. The summed E-state index contributed by atoms with van der Waals surface area (Å²) < 4.78 is 24.1. The van der Waals surface area contributed by atoms with Crippen LogP contribution in [0.1, 0.15) is 29.0 Å². The minimum atomic E-state index is -1.36. The Labute approximate surface area is 198 Å². The van der Waals surface area contributed by atoms with Gasteiger partial charge >= 0.3 is 6.03 Å². The summed E-state index contributed by atoms with van der Waals surface area (Å²) in [7, 11) is 0. The molecular weight excluding hydrogens is 461 g/mol. The van der Waals surface area contributed by atoms with Crippen molar-refractivity contribution < 1.29 is 28.2 Å². The minimum Gasteiger partial charge on any atom is -0.454 e. The second-order valence-electron chi connectivity index (χ2n) is 8.08. The second-order valence-corrected chi connectivity index (χ2v) is 9.06. The lowest BCUT2D eigenvalue weighted by Crippen LogP contribution is -2.44. The summed E-state index contributed by atoms with van der Waals surface area (Å²) in [4.78, 5) is 40.6. The Kier molecular flexibility index (Phi) is 5.45. The number of ether oxygens (including phenoxy) is 2. The number of carbonyl (C=O) groups is 3. The maximum absolute atomic E-state index is 13.4. The summed E-state index contributed by atoms with van der Waals surface area (Å²) in [6.07, 6.45) is 0. The molecule has 0 radical (unpaired) electrons. The zero-order valence-electron chi connectivity index (χ0n) is 18.0. The van der Waals surface area contributed by atoms with Crippen molar-refractivity contribution in [2.24, 2.45) is 0 Å². The van der Waals surface area contributed by atoms with Crippen LogP contribution in [-0.4, -0.2) is 36.1 Å². The highest BCUT2D eigenvalue weighted by Gasteiger charge is 2.50. The second kappa shape index (κ2) is 8.45. The highest BCUT2D eigenvalue weighted by molar-refractivity contribution is 7.10. The maximum Gasteiger partial charge on any atom is 0.325 e. The van der Waals surface area contributed by atoms with Crippen molar-refractivity contribution in [2.45, 2.75) is 18.5 Å². The van der Waals surface area contributed by atoms with Crippen molar-refractivity contribution in [3.05, 3.63) is 81.8 Å². The molecule has 2 N–H and O–H groups in total. The molecule has 0 unspecified atom stereocenters. The predicted molar refractivity (Wildman–Crippen MR) is 121 cm³/mol. The van der Waals surface area contributed by atoms with Gasteiger partial charge in [-0.1, -0.05) is 24.3 Å². The number of hydrogen-bond acceptors (Lipinski definition) is 6. The zero-order valence-corrected chi connectivity index (χ0v) is 18.9. The fourth-order valence-corrected chi connectivity index (χ4v) is 4.83. The zero-order chi connectivity index (χ0) is 23.9. The summed E-state index contributed by atoms with van der Waals surface area (Å²) in [6, 6.07) is 13.3. The molecule has 3 aromatic rings. The fraction of sp³-hybridized carbons (Fsp3) is 0.208. The Morgan fingerprint density at radius 2 is 1.94 bits per heavy atom. The van der Waals surface area contributed by atoms with Crippen LogP contribution in [-0.2, 0) is 15.1 Å². The Bertz CT molecular complexity index is 1260. The first-order valence-corrected chi connectivity index (χ1v) is 11.4. The monoisotopic (exact) mass is 481 g/mol. The third-order valence-corrected chi connectivity index (χ3v) is 6.80. The maximum atomic E-state index is 13.4. The van der Waals surface area contributed by atoms with Crippen LogP contribution in [0.25, 0.3) is 0 Å². The number of nitrogens with zero attached hydrogens (tertiary/aromatic N) is 1. The summed E-state index contributed by atoms with van der Waals surface area (Å²) in [5.41, 5.74) is -0.164. The average Bonchev–Trinajstić information content (AvgIpc) is 3.56. The van der Waals surface area contributed by atoms with Crippen molar-refractivity contribution in [3.8, 4) is 11.5 Å². The molecule has 0 bridgehead atoms. The Morgan fingerprint density at radius 3 is 2.68 bits per heavy atom. The van der Waals surface area contributed by atoms with Gasteiger partial charge in [0.2, 0.25) is 12.7 Å². The third kappa shape index (κ3) is 3.86. The molecule has 0 aliphatic carbocycles. The van der Waals surface area contributed by atoms with E-state index in [1.165, 1.54) is 23.5 Å². The van der Waals surface area contributed by atoms with Gasteiger partial charge in [-0.25, -0.2) is 9.18 Å². The standard InChI is InChI=1S/C24H20FN3O5S/c1-24(15-6-9-17-18(11-15)33-13-32-17)22(30)28(23(31)27-24)12-20(29)26-21(19-3-2-10-34-19)14-4-7-16(25)8-5-14/h2-11,21H,12-13H2,1H3,(H,26,29)(H,27,31)/t21-,24+/m0/s1. The van der Waals surface area contributed by atoms with E-state index in [4.69, 9.17) is 9.47 Å². The van der Waals surface area contributed by atoms with Gasteiger partial charge in [-0.2, -0.15) is 0 Å². The number of fused-ring (bicyclic) bond motifs is 1. The number of urea groups is 1. The normalized spacial score (nSPS) is 19.8. The number of thiophene rings is 1. The topological polar surface area (TPSA) is 97.0 Å². The van der Waals surface area contributed by atoms with E-state index in [0.29, 0.717) is 22.6 Å². The lowest BCUT2D eigenvalue weighted by Gasteiger charge is -2.23. The molecule has 2 aliphatic heterocycles. The van der Waals surface area contributed by atoms with Crippen molar-refractivity contribution >= 4 is 29.2 Å². The number of halogens is 1. The molecule has 1 fully saturated rings. The van der Waals surface area contributed by atoms with Crippen LogP contribution in [0, 0.1) is 5.82 Å². The molecule has 8 nitrogen and oxygen atoms in total. The molecule has 4 amide bonds. The molecule has 0 saturated carbocycles. The van der Waals surface area contributed by atoms with E-state index in [-0.39, 0.29) is 12.6 Å². The first kappa shape index (κ1) is 21.9. The van der Waals surface area contributed by atoms with E-state index in [1.54, 1.807) is 37.3 Å². The minimum absolute atomic E-state index is 0.0849. The van der Waals surface area contributed by atoms with E-state index in [9.17, 15) is 18.8 Å². The van der Waals surface area contributed by atoms with Gasteiger partial charge in [0.05, 0.1) is 6.04 Å². The Balaban J connectivity index is 1.34. The number of imide groups is 1. The molecular formula is C24H20FN3O5S. The van der Waals surface area contributed by atoms with Crippen LogP contribution >= 0.6 is 11.3 Å². The quantitative estimate of drug-likeness (QED) is 0.527. The molecule has 3 heterocycles. The molecule has 1 aromatic heterocycles. The Hall–Kier alpha value is -3.92. The largest absolute Gasteiger partial charge is 0.454 e. The van der Waals surface area contributed by atoms with Gasteiger partial charge in [0.25, 0.3) is 5.91 Å². The van der Waals surface area contributed by atoms with E-state index in [1.807, 2.05) is 17.5 Å². The molecule has 5 rings (SSSR count). The van der Waals surface area contributed by atoms with E-state index < -0.39 is 36.0 Å². The lowest BCUT2D eigenvalue weighted by atomic mass is 9.91. The lowest BCUT2D eigenvalue weighted by molar-refractivity contribution is -0.135. The van der Waals surface area contributed by atoms with Gasteiger partial charge in [-0.15, -0.1) is 11.3 Å². The van der Waals surface area contributed by atoms with Gasteiger partial charge in [0, 0.05) is 4.88 Å². The van der Waals surface area contributed by atoms with Gasteiger partial charge in [-0.05, 0) is 53.8 Å². The SMILES string of the molecule is C[C@]1(c2ccc3c(c2)OCO3)NC(=O)N(CC(=O)N[C@@H](c2ccc(F)cc2)c2cccs2)C1=O. The van der Waals surface area contributed by atoms with Crippen molar-refractivity contribution in [1.82, 2.24) is 15.5 Å². The summed E-state index contributed by atoms with van der Waals surface area (Å²) in [5, 5.41) is 7.41. The molecule has 2 aromatic carbocycles. The smallest absolute Gasteiger partial charge is 0.325 e. The van der Waals surface area contributed by atoms with Gasteiger partial charge in [0.1, 0.15) is 17.9 Å². The molecule has 174 valence electrons.